The summed E-state index contributed by atoms with van der Waals surface area (Å²) in [5.74, 6) is -0.377. The van der Waals surface area contributed by atoms with Crippen LogP contribution in [-0.4, -0.2) is 22.8 Å². The lowest BCUT2D eigenvalue weighted by atomic mass is 10.0. The second kappa shape index (κ2) is 9.13. The normalized spacial score (nSPS) is 12.7. The van der Waals surface area contributed by atoms with Crippen molar-refractivity contribution in [2.45, 2.75) is 12.2 Å². The standard InChI is InChI=1S/C23H18ClF3N2O/c1-29(22(17-7-3-2-4-8-17)20-9-5-6-14-28-20)21(30)13-11-16-10-12-19(24)18(15-16)23(25,26)27/h2-15,22H,1H3/b13-11+/t22-/m0/s1. The van der Waals surface area contributed by atoms with Gasteiger partial charge in [0, 0.05) is 19.3 Å². The summed E-state index contributed by atoms with van der Waals surface area (Å²) in [7, 11) is 1.63. The van der Waals surface area contributed by atoms with Crippen molar-refractivity contribution in [1.82, 2.24) is 9.88 Å². The first-order valence-corrected chi connectivity index (χ1v) is 9.42. The molecule has 0 aliphatic rings. The van der Waals surface area contributed by atoms with Gasteiger partial charge in [-0.1, -0.05) is 54.1 Å². The Balaban J connectivity index is 1.88. The van der Waals surface area contributed by atoms with Crippen LogP contribution in [0, 0.1) is 0 Å². The average Bonchev–Trinajstić information content (AvgIpc) is 2.73. The van der Waals surface area contributed by atoms with Gasteiger partial charge in [0.2, 0.25) is 5.91 Å². The van der Waals surface area contributed by atoms with Crippen molar-refractivity contribution in [3.8, 4) is 0 Å². The van der Waals surface area contributed by atoms with Gasteiger partial charge < -0.3 is 4.90 Å². The highest BCUT2D eigenvalue weighted by molar-refractivity contribution is 6.31. The summed E-state index contributed by atoms with van der Waals surface area (Å²) in [6.07, 6.45) is -0.349. The molecule has 0 aliphatic heterocycles. The highest BCUT2D eigenvalue weighted by Gasteiger charge is 2.33. The lowest BCUT2D eigenvalue weighted by Gasteiger charge is -2.27. The summed E-state index contributed by atoms with van der Waals surface area (Å²) in [4.78, 5) is 18.7. The molecule has 0 unspecified atom stereocenters. The molecule has 1 atom stereocenters. The number of aromatic nitrogens is 1. The summed E-state index contributed by atoms with van der Waals surface area (Å²) >= 11 is 5.65. The number of carbonyl (C=O) groups is 1. The van der Waals surface area contributed by atoms with Gasteiger partial charge in [0.05, 0.1) is 22.3 Å². The summed E-state index contributed by atoms with van der Waals surface area (Å²) in [6.45, 7) is 0. The van der Waals surface area contributed by atoms with Gasteiger partial charge in [0.15, 0.2) is 0 Å². The molecule has 0 fully saturated rings. The quantitative estimate of drug-likeness (QED) is 0.464. The minimum atomic E-state index is -4.57. The van der Waals surface area contributed by atoms with E-state index in [1.54, 1.807) is 19.3 Å². The number of halogens is 4. The number of pyridine rings is 1. The summed E-state index contributed by atoms with van der Waals surface area (Å²) in [6, 6.07) is 17.9. The Labute approximate surface area is 177 Å². The molecule has 154 valence electrons. The Hall–Kier alpha value is -3.12. The lowest BCUT2D eigenvalue weighted by Crippen LogP contribution is -2.31. The summed E-state index contributed by atoms with van der Waals surface area (Å²) in [5, 5.41) is -0.387. The van der Waals surface area contributed by atoms with Crippen molar-refractivity contribution >= 4 is 23.6 Å². The average molecular weight is 431 g/mol. The van der Waals surface area contributed by atoms with Crippen molar-refractivity contribution < 1.29 is 18.0 Å². The third-order valence-electron chi connectivity index (χ3n) is 4.53. The third kappa shape index (κ3) is 5.07. The maximum absolute atomic E-state index is 13.0. The Bertz CT molecular complexity index is 998. The van der Waals surface area contributed by atoms with Gasteiger partial charge in [-0.25, -0.2) is 0 Å². The molecule has 1 heterocycles. The minimum Gasteiger partial charge on any atom is -0.329 e. The van der Waals surface area contributed by atoms with Crippen LogP contribution in [0.4, 0.5) is 13.2 Å². The van der Waals surface area contributed by atoms with E-state index < -0.39 is 17.8 Å². The van der Waals surface area contributed by atoms with Gasteiger partial charge in [0.1, 0.15) is 0 Å². The molecule has 0 saturated heterocycles. The first kappa shape index (κ1) is 21.6. The van der Waals surface area contributed by atoms with E-state index in [9.17, 15) is 18.0 Å². The van der Waals surface area contributed by atoms with Crippen molar-refractivity contribution in [3.05, 3.63) is 106 Å². The Morgan fingerprint density at radius 2 is 1.77 bits per heavy atom. The third-order valence-corrected chi connectivity index (χ3v) is 4.86. The summed E-state index contributed by atoms with van der Waals surface area (Å²) < 4.78 is 39.1. The number of hydrogen-bond donors (Lipinski definition) is 0. The molecule has 1 aromatic heterocycles. The van der Waals surface area contributed by atoms with E-state index in [4.69, 9.17) is 11.6 Å². The zero-order chi connectivity index (χ0) is 21.7. The molecular formula is C23H18ClF3N2O. The zero-order valence-electron chi connectivity index (χ0n) is 16.0. The van der Waals surface area contributed by atoms with Crippen LogP contribution >= 0.6 is 11.6 Å². The van der Waals surface area contributed by atoms with Crippen LogP contribution in [0.25, 0.3) is 6.08 Å². The molecule has 30 heavy (non-hydrogen) atoms. The smallest absolute Gasteiger partial charge is 0.329 e. The summed E-state index contributed by atoms with van der Waals surface area (Å²) in [5.41, 5.74) is 0.829. The molecule has 2 aromatic carbocycles. The molecule has 3 nitrogen and oxygen atoms in total. The molecule has 0 saturated carbocycles. The second-order valence-corrected chi connectivity index (χ2v) is 6.99. The number of rotatable bonds is 5. The van der Waals surface area contributed by atoms with Gasteiger partial charge in [-0.15, -0.1) is 0 Å². The predicted octanol–water partition coefficient (Wildman–Crippen LogP) is 6.02. The fourth-order valence-electron chi connectivity index (χ4n) is 3.04. The molecule has 7 heteroatoms. The number of carbonyl (C=O) groups excluding carboxylic acids is 1. The molecule has 3 rings (SSSR count). The SMILES string of the molecule is CN(C(=O)/C=C/c1ccc(Cl)c(C(F)(F)F)c1)[C@@H](c1ccccc1)c1ccccn1. The molecule has 0 radical (unpaired) electrons. The minimum absolute atomic E-state index is 0.225. The lowest BCUT2D eigenvalue weighted by molar-refractivity contribution is -0.137. The molecular weight excluding hydrogens is 413 g/mol. The number of nitrogens with zero attached hydrogens (tertiary/aromatic N) is 2. The molecule has 0 spiro atoms. The van der Waals surface area contributed by atoms with Crippen LogP contribution in [0.2, 0.25) is 5.02 Å². The van der Waals surface area contributed by atoms with Gasteiger partial charge in [-0.05, 0) is 41.5 Å². The number of alkyl halides is 3. The van der Waals surface area contributed by atoms with Gasteiger partial charge >= 0.3 is 6.18 Å². The first-order valence-electron chi connectivity index (χ1n) is 9.05. The molecule has 0 bridgehead atoms. The number of amides is 1. The highest BCUT2D eigenvalue weighted by atomic mass is 35.5. The van der Waals surface area contributed by atoms with E-state index in [1.165, 1.54) is 29.2 Å². The van der Waals surface area contributed by atoms with Crippen molar-refractivity contribution in [2.75, 3.05) is 7.05 Å². The van der Waals surface area contributed by atoms with Crippen LogP contribution in [0.1, 0.15) is 28.4 Å². The molecule has 3 aromatic rings. The first-order chi connectivity index (χ1) is 14.3. The van der Waals surface area contributed by atoms with E-state index in [0.29, 0.717) is 5.69 Å². The van der Waals surface area contributed by atoms with Crippen molar-refractivity contribution in [2.24, 2.45) is 0 Å². The van der Waals surface area contributed by atoms with E-state index in [0.717, 1.165) is 11.6 Å². The fraction of sp³-hybridized carbons (Fsp3) is 0.130. The van der Waals surface area contributed by atoms with E-state index in [1.807, 2.05) is 42.5 Å². The van der Waals surface area contributed by atoms with Crippen molar-refractivity contribution in [1.29, 1.82) is 0 Å². The zero-order valence-corrected chi connectivity index (χ0v) is 16.7. The highest BCUT2D eigenvalue weighted by Crippen LogP contribution is 2.35. The van der Waals surface area contributed by atoms with Gasteiger partial charge in [0.25, 0.3) is 0 Å². The van der Waals surface area contributed by atoms with Gasteiger partial charge in [-0.3, -0.25) is 9.78 Å². The van der Waals surface area contributed by atoms with E-state index in [-0.39, 0.29) is 16.5 Å². The topological polar surface area (TPSA) is 33.2 Å². The Morgan fingerprint density at radius 1 is 1.07 bits per heavy atom. The number of hydrogen-bond acceptors (Lipinski definition) is 2. The second-order valence-electron chi connectivity index (χ2n) is 6.59. The number of benzene rings is 2. The largest absolute Gasteiger partial charge is 0.417 e. The number of likely N-dealkylation sites (N-methyl/N-ethyl adjacent to an activating group) is 1. The Morgan fingerprint density at radius 3 is 2.40 bits per heavy atom. The molecule has 0 N–H and O–H groups in total. The van der Waals surface area contributed by atoms with Crippen LogP contribution in [-0.2, 0) is 11.0 Å². The molecule has 1 amide bonds. The molecule has 0 aliphatic carbocycles. The van der Waals surface area contributed by atoms with Crippen LogP contribution in [0.15, 0.2) is 79.0 Å². The maximum Gasteiger partial charge on any atom is 0.417 e. The van der Waals surface area contributed by atoms with Crippen LogP contribution < -0.4 is 0 Å². The fourth-order valence-corrected chi connectivity index (χ4v) is 3.27. The van der Waals surface area contributed by atoms with Crippen molar-refractivity contribution in [3.63, 3.8) is 0 Å². The van der Waals surface area contributed by atoms with Crippen LogP contribution in [0.5, 0.6) is 0 Å². The van der Waals surface area contributed by atoms with Gasteiger partial charge in [-0.2, -0.15) is 13.2 Å². The predicted molar refractivity (Wildman–Crippen MR) is 111 cm³/mol. The monoisotopic (exact) mass is 430 g/mol. The van der Waals surface area contributed by atoms with E-state index >= 15 is 0 Å². The maximum atomic E-state index is 13.0. The van der Waals surface area contributed by atoms with E-state index in [2.05, 4.69) is 4.98 Å². The van der Waals surface area contributed by atoms with Crippen LogP contribution in [0.3, 0.4) is 0 Å². The Kier molecular flexibility index (Phi) is 6.57.